The number of fused-ring (bicyclic) bond motifs is 1. The maximum atomic E-state index is 11.2. The zero-order valence-corrected chi connectivity index (χ0v) is 22.2. The van der Waals surface area contributed by atoms with Gasteiger partial charge in [0.25, 0.3) is 0 Å². The van der Waals surface area contributed by atoms with Crippen molar-refractivity contribution in [2.75, 3.05) is 6.54 Å². The van der Waals surface area contributed by atoms with E-state index in [1.165, 1.54) is 23.3 Å². The van der Waals surface area contributed by atoms with E-state index in [-0.39, 0.29) is 18.0 Å². The monoisotopic (exact) mass is 549 g/mol. The van der Waals surface area contributed by atoms with Gasteiger partial charge in [0.05, 0.1) is 11.7 Å². The molecule has 3 N–H and O–H groups in total. The average molecular weight is 550 g/mol. The molecule has 0 aromatic heterocycles. The molecule has 0 amide bonds. The lowest BCUT2D eigenvalue weighted by Gasteiger charge is -2.27. The fourth-order valence-electron chi connectivity index (χ4n) is 4.77. The fourth-order valence-corrected chi connectivity index (χ4v) is 4.96. The molecule has 0 saturated carbocycles. The summed E-state index contributed by atoms with van der Waals surface area (Å²) >= 11 is 6.06. The number of aryl methyl sites for hydroxylation is 1. The molecule has 0 radical (unpaired) electrons. The van der Waals surface area contributed by atoms with Crippen LogP contribution in [0.2, 0.25) is 5.02 Å². The number of aromatic carboxylic acids is 1. The van der Waals surface area contributed by atoms with Crippen LogP contribution in [0.3, 0.4) is 0 Å². The van der Waals surface area contributed by atoms with Crippen molar-refractivity contribution in [3.63, 3.8) is 0 Å². The van der Waals surface area contributed by atoms with Gasteiger partial charge in [0, 0.05) is 17.6 Å². The Balaban J connectivity index is 0.00000336. The Bertz CT molecular complexity index is 1410. The number of carbonyl (C=O) groups is 1. The molecule has 5 nitrogen and oxygen atoms in total. The van der Waals surface area contributed by atoms with E-state index >= 15 is 0 Å². The van der Waals surface area contributed by atoms with Crippen LogP contribution in [-0.2, 0) is 12.8 Å². The van der Waals surface area contributed by atoms with Gasteiger partial charge in [-0.1, -0.05) is 60.1 Å². The lowest BCUT2D eigenvalue weighted by atomic mass is 9.86. The highest BCUT2D eigenvalue weighted by molar-refractivity contribution is 6.30. The van der Waals surface area contributed by atoms with Crippen LogP contribution in [0.4, 0.5) is 0 Å². The minimum atomic E-state index is -0.983. The molecule has 0 fully saturated rings. The predicted molar refractivity (Wildman–Crippen MR) is 153 cm³/mol. The minimum absolute atomic E-state index is 0. The second kappa shape index (κ2) is 12.5. The zero-order valence-electron chi connectivity index (χ0n) is 20.6. The first-order valence-corrected chi connectivity index (χ1v) is 12.7. The van der Waals surface area contributed by atoms with E-state index in [1.807, 2.05) is 42.5 Å². The molecule has 0 aliphatic heterocycles. The first kappa shape index (κ1) is 27.7. The normalized spacial score (nSPS) is 15.2. The van der Waals surface area contributed by atoms with Crippen molar-refractivity contribution in [1.29, 1.82) is 0 Å². The molecule has 38 heavy (non-hydrogen) atoms. The van der Waals surface area contributed by atoms with Gasteiger partial charge in [-0.2, -0.15) is 0 Å². The molecule has 0 bridgehead atoms. The van der Waals surface area contributed by atoms with Crippen LogP contribution in [0.1, 0.15) is 39.6 Å². The van der Waals surface area contributed by atoms with E-state index in [0.29, 0.717) is 29.1 Å². The van der Waals surface area contributed by atoms with Gasteiger partial charge >= 0.3 is 5.97 Å². The molecule has 7 heteroatoms. The Morgan fingerprint density at radius 2 is 1.68 bits per heavy atom. The molecule has 0 heterocycles. The van der Waals surface area contributed by atoms with Crippen LogP contribution < -0.4 is 10.1 Å². The average Bonchev–Trinajstić information content (AvgIpc) is 2.92. The molecule has 196 valence electrons. The molecule has 1 aliphatic carbocycles. The number of carboxylic acids is 1. The van der Waals surface area contributed by atoms with Crippen LogP contribution in [0.5, 0.6) is 11.5 Å². The van der Waals surface area contributed by atoms with Gasteiger partial charge < -0.3 is 20.3 Å². The van der Waals surface area contributed by atoms with Gasteiger partial charge in [0.15, 0.2) is 0 Å². The second-order valence-electron chi connectivity index (χ2n) is 9.36. The first-order chi connectivity index (χ1) is 17.9. The van der Waals surface area contributed by atoms with Crippen molar-refractivity contribution in [2.45, 2.75) is 31.4 Å². The Morgan fingerprint density at radius 1 is 0.921 bits per heavy atom. The number of aliphatic hydroxyl groups excluding tert-OH is 1. The highest BCUT2D eigenvalue weighted by Crippen LogP contribution is 2.30. The van der Waals surface area contributed by atoms with E-state index in [2.05, 4.69) is 23.5 Å². The van der Waals surface area contributed by atoms with Gasteiger partial charge in [-0.05, 0) is 89.5 Å². The molecule has 0 unspecified atom stereocenters. The first-order valence-electron chi connectivity index (χ1n) is 12.3. The van der Waals surface area contributed by atoms with Gasteiger partial charge in [0.2, 0.25) is 0 Å². The standard InChI is InChI=1S/C31H28ClNO4.ClH/c32-26-5-1-3-23(16-26)30(34)19-33-27-12-9-21-7-8-22(15-25(21)17-27)20-10-13-28(14-11-20)37-29-6-2-4-24(18-29)31(35)36;/h1-8,10-11,13-16,18,27,30,33-34H,9,12,17,19H2,(H,35,36);1H/t27-,30+;/m0./s1. The summed E-state index contributed by atoms with van der Waals surface area (Å²) in [7, 11) is 0. The predicted octanol–water partition coefficient (Wildman–Crippen LogP) is 7.10. The summed E-state index contributed by atoms with van der Waals surface area (Å²) in [5.74, 6) is 0.148. The van der Waals surface area contributed by atoms with Gasteiger partial charge in [-0.3, -0.25) is 0 Å². The fraction of sp³-hybridized carbons (Fsp3) is 0.194. The quantitative estimate of drug-likeness (QED) is 0.218. The number of halogens is 2. The Hall–Kier alpha value is -3.35. The Kier molecular flexibility index (Phi) is 9.08. The number of hydrogen-bond acceptors (Lipinski definition) is 4. The molecular formula is C31H29Cl2NO4. The number of ether oxygens (including phenoxy) is 1. The van der Waals surface area contributed by atoms with E-state index in [1.54, 1.807) is 18.2 Å². The smallest absolute Gasteiger partial charge is 0.335 e. The van der Waals surface area contributed by atoms with Crippen molar-refractivity contribution in [1.82, 2.24) is 5.32 Å². The summed E-state index contributed by atoms with van der Waals surface area (Å²) in [6, 6.07) is 28.5. The van der Waals surface area contributed by atoms with Crippen LogP contribution in [0.25, 0.3) is 11.1 Å². The molecule has 0 saturated heterocycles. The summed E-state index contributed by atoms with van der Waals surface area (Å²) in [6.07, 6.45) is 2.35. The van der Waals surface area contributed by atoms with Crippen molar-refractivity contribution in [3.8, 4) is 22.6 Å². The third-order valence-electron chi connectivity index (χ3n) is 6.77. The van der Waals surface area contributed by atoms with Crippen LogP contribution >= 0.6 is 24.0 Å². The molecule has 5 rings (SSSR count). The lowest BCUT2D eigenvalue weighted by Crippen LogP contribution is -2.37. The van der Waals surface area contributed by atoms with Crippen LogP contribution in [0, 0.1) is 0 Å². The molecule has 2 atom stereocenters. The van der Waals surface area contributed by atoms with Crippen molar-refractivity contribution >= 4 is 30.0 Å². The van der Waals surface area contributed by atoms with Crippen LogP contribution in [-0.4, -0.2) is 28.8 Å². The SMILES string of the molecule is Cl.O=C(O)c1cccc(Oc2ccc(-c3ccc4c(c3)C[C@@H](NC[C@@H](O)c3cccc(Cl)c3)CC4)cc2)c1. The van der Waals surface area contributed by atoms with Crippen molar-refractivity contribution < 1.29 is 19.7 Å². The third kappa shape index (κ3) is 6.74. The van der Waals surface area contributed by atoms with E-state index in [9.17, 15) is 15.0 Å². The maximum Gasteiger partial charge on any atom is 0.335 e. The minimum Gasteiger partial charge on any atom is -0.478 e. The Morgan fingerprint density at radius 3 is 2.45 bits per heavy atom. The number of aliphatic hydroxyl groups is 1. The molecule has 4 aromatic carbocycles. The number of hydrogen-bond donors (Lipinski definition) is 3. The molecule has 0 spiro atoms. The largest absolute Gasteiger partial charge is 0.478 e. The molecule has 1 aliphatic rings. The maximum absolute atomic E-state index is 11.2. The van der Waals surface area contributed by atoms with Crippen LogP contribution in [0.15, 0.2) is 91.0 Å². The number of rotatable bonds is 8. The number of carboxylic acid groups (broad SMARTS) is 1. The highest BCUT2D eigenvalue weighted by atomic mass is 35.5. The summed E-state index contributed by atoms with van der Waals surface area (Å²) in [4.78, 5) is 11.2. The Labute approximate surface area is 233 Å². The third-order valence-corrected chi connectivity index (χ3v) is 7.01. The van der Waals surface area contributed by atoms with Gasteiger partial charge in [-0.25, -0.2) is 4.79 Å². The highest BCUT2D eigenvalue weighted by Gasteiger charge is 2.20. The van der Waals surface area contributed by atoms with Crippen molar-refractivity contribution in [3.05, 3.63) is 118 Å². The second-order valence-corrected chi connectivity index (χ2v) is 9.80. The van der Waals surface area contributed by atoms with Crippen molar-refractivity contribution in [2.24, 2.45) is 0 Å². The molecular weight excluding hydrogens is 521 g/mol. The van der Waals surface area contributed by atoms with E-state index in [4.69, 9.17) is 16.3 Å². The molecule has 4 aromatic rings. The zero-order chi connectivity index (χ0) is 25.8. The lowest BCUT2D eigenvalue weighted by molar-refractivity contribution is 0.0696. The van der Waals surface area contributed by atoms with E-state index in [0.717, 1.165) is 36.0 Å². The summed E-state index contributed by atoms with van der Waals surface area (Å²) < 4.78 is 5.85. The topological polar surface area (TPSA) is 78.8 Å². The summed E-state index contributed by atoms with van der Waals surface area (Å²) in [5, 5.41) is 23.9. The number of nitrogens with one attached hydrogen (secondary N) is 1. The summed E-state index contributed by atoms with van der Waals surface area (Å²) in [5.41, 5.74) is 5.92. The summed E-state index contributed by atoms with van der Waals surface area (Å²) in [6.45, 7) is 0.483. The van der Waals surface area contributed by atoms with Gasteiger partial charge in [0.1, 0.15) is 11.5 Å². The van der Waals surface area contributed by atoms with Gasteiger partial charge in [-0.15, -0.1) is 12.4 Å². The number of benzene rings is 4. The van der Waals surface area contributed by atoms with E-state index < -0.39 is 12.1 Å².